The Kier molecular flexibility index (Phi) is 8.33. The van der Waals surface area contributed by atoms with Crippen LogP contribution in [0.4, 0.5) is 15.8 Å². The van der Waals surface area contributed by atoms with Gasteiger partial charge in [0.05, 0.1) is 34.5 Å². The minimum atomic E-state index is -1.61. The lowest BCUT2D eigenvalue weighted by molar-refractivity contribution is -0.138. The number of rotatable bonds is 6. The molecular weight excluding hydrogens is 782 g/mol. The van der Waals surface area contributed by atoms with E-state index in [4.69, 9.17) is 27.6 Å². The summed E-state index contributed by atoms with van der Waals surface area (Å²) in [5.74, 6) is -6.31. The van der Waals surface area contributed by atoms with Gasteiger partial charge in [0.15, 0.2) is 5.58 Å². The second-order valence-electron chi connectivity index (χ2n) is 15.1. The maximum atomic E-state index is 15.3. The molecule has 58 heavy (non-hydrogen) atoms. The van der Waals surface area contributed by atoms with Crippen molar-refractivity contribution >= 4 is 69.3 Å². The molecule has 0 spiro atoms. The van der Waals surface area contributed by atoms with Crippen LogP contribution in [0, 0.1) is 29.5 Å². The summed E-state index contributed by atoms with van der Waals surface area (Å²) >= 11 is 13.3. The molecule has 4 aliphatic rings. The third kappa shape index (κ3) is 5.33. The van der Waals surface area contributed by atoms with E-state index in [1.807, 2.05) is 30.3 Å². The number of nitrogens with zero attached hydrogens (tertiary/aromatic N) is 3. The molecule has 13 heteroatoms. The quantitative estimate of drug-likeness (QED) is 0.126. The Morgan fingerprint density at radius 1 is 0.828 bits per heavy atom. The highest BCUT2D eigenvalue weighted by molar-refractivity contribution is 6.32. The minimum Gasteiger partial charge on any atom is -0.508 e. The average molecular weight is 814 g/mol. The van der Waals surface area contributed by atoms with E-state index in [9.17, 15) is 23.9 Å². The fourth-order valence-corrected chi connectivity index (χ4v) is 10.2. The van der Waals surface area contributed by atoms with Crippen molar-refractivity contribution in [3.8, 4) is 17.2 Å². The number of imide groups is 2. The minimum absolute atomic E-state index is 0.0531. The van der Waals surface area contributed by atoms with Crippen LogP contribution in [0.15, 0.2) is 131 Å². The van der Waals surface area contributed by atoms with E-state index in [0.717, 1.165) is 5.01 Å². The van der Waals surface area contributed by atoms with Crippen molar-refractivity contribution in [2.75, 3.05) is 10.3 Å². The molecule has 3 heterocycles. The maximum Gasteiger partial charge on any atom is 0.260 e. The third-order valence-corrected chi connectivity index (χ3v) is 12.8. The first-order chi connectivity index (χ1) is 28.0. The standard InChI is InChI=1S/C45H31Cl2FN4O6/c46-25-9-7-24(8-10-25)45-34(42(55)52(44(45)57)50-27-13-11-26(48)12-14-27)22-33-30(39(45)31-18-17-29(53)21-35(31)47)19-20-32-38(33)43(56)51(41(32)54)28-15-5-23(6-16-28)40-49-36-3-1-2-4-37(36)58-40/h1-19,21,32-34,38-39,50,53H,20,22H2. The van der Waals surface area contributed by atoms with Gasteiger partial charge in [0.1, 0.15) is 17.1 Å². The van der Waals surface area contributed by atoms with E-state index >= 15 is 4.79 Å². The first-order valence-corrected chi connectivity index (χ1v) is 19.5. The number of para-hydroxylation sites is 2. The number of phenols is 1. The van der Waals surface area contributed by atoms with Crippen molar-refractivity contribution in [3.63, 3.8) is 0 Å². The van der Waals surface area contributed by atoms with E-state index in [2.05, 4.69) is 10.4 Å². The summed E-state index contributed by atoms with van der Waals surface area (Å²) in [5, 5.41) is 12.0. The SMILES string of the molecule is O=C1C2CC3C(=CCC4C(=O)N(c5ccc(-c6nc7ccccc7o6)cc5)C(=O)C43)C(c3ccc(O)cc3Cl)C2(c2ccc(Cl)cc2)C(=O)N1Nc1ccc(F)cc1. The van der Waals surface area contributed by atoms with Gasteiger partial charge in [-0.3, -0.25) is 29.5 Å². The zero-order chi connectivity index (χ0) is 40.0. The molecule has 0 bridgehead atoms. The smallest absolute Gasteiger partial charge is 0.260 e. The molecule has 2 aliphatic carbocycles. The van der Waals surface area contributed by atoms with Crippen LogP contribution in [0.5, 0.6) is 5.75 Å². The van der Waals surface area contributed by atoms with E-state index < -0.39 is 58.5 Å². The Labute approximate surface area is 340 Å². The van der Waals surface area contributed by atoms with Crippen LogP contribution < -0.4 is 10.3 Å². The zero-order valence-electron chi connectivity index (χ0n) is 30.3. The van der Waals surface area contributed by atoms with Gasteiger partial charge in [0.2, 0.25) is 17.7 Å². The van der Waals surface area contributed by atoms with Crippen molar-refractivity contribution in [1.29, 1.82) is 0 Å². The predicted molar refractivity (Wildman–Crippen MR) is 214 cm³/mol. The number of benzene rings is 5. The van der Waals surface area contributed by atoms with Gasteiger partial charge in [0.25, 0.3) is 11.8 Å². The number of nitrogens with one attached hydrogen (secondary N) is 1. The summed E-state index contributed by atoms with van der Waals surface area (Å²) in [6, 6.07) is 30.8. The monoisotopic (exact) mass is 812 g/mol. The first kappa shape index (κ1) is 36.1. The molecule has 0 radical (unpaired) electrons. The van der Waals surface area contributed by atoms with E-state index in [1.165, 1.54) is 41.3 Å². The molecule has 6 unspecified atom stereocenters. The lowest BCUT2D eigenvalue weighted by Gasteiger charge is -2.50. The summed E-state index contributed by atoms with van der Waals surface area (Å²) in [6.45, 7) is 0. The average Bonchev–Trinajstić information content (AvgIpc) is 3.84. The Morgan fingerprint density at radius 3 is 2.29 bits per heavy atom. The molecule has 10 nitrogen and oxygen atoms in total. The number of hydrazine groups is 1. The van der Waals surface area contributed by atoms with Gasteiger partial charge >= 0.3 is 0 Å². The molecule has 1 aromatic heterocycles. The zero-order valence-corrected chi connectivity index (χ0v) is 31.8. The van der Waals surface area contributed by atoms with Crippen LogP contribution in [0.3, 0.4) is 0 Å². The van der Waals surface area contributed by atoms with Crippen LogP contribution in [0.2, 0.25) is 10.0 Å². The number of halogens is 3. The van der Waals surface area contributed by atoms with Crippen LogP contribution in [-0.2, 0) is 24.6 Å². The molecule has 288 valence electrons. The Hall–Kier alpha value is -6.30. The van der Waals surface area contributed by atoms with Gasteiger partial charge < -0.3 is 9.52 Å². The molecular formula is C45H31Cl2FN4O6. The van der Waals surface area contributed by atoms with E-state index in [-0.39, 0.29) is 29.5 Å². The molecule has 10 rings (SSSR count). The van der Waals surface area contributed by atoms with Crippen molar-refractivity contribution < 1.29 is 33.1 Å². The molecule has 6 aromatic rings. The number of oxazole rings is 1. The van der Waals surface area contributed by atoms with Crippen LogP contribution >= 0.6 is 23.2 Å². The van der Waals surface area contributed by atoms with E-state index in [0.29, 0.717) is 55.7 Å². The lowest BCUT2D eigenvalue weighted by Crippen LogP contribution is -2.53. The summed E-state index contributed by atoms with van der Waals surface area (Å²) in [5.41, 5.74) is 5.66. The number of allylic oxidation sites excluding steroid dienone is 2. The largest absolute Gasteiger partial charge is 0.508 e. The molecule has 2 N–H and O–H groups in total. The molecule has 1 saturated carbocycles. The number of anilines is 2. The molecule has 6 atom stereocenters. The van der Waals surface area contributed by atoms with Crippen molar-refractivity contribution in [3.05, 3.63) is 154 Å². The number of phenolic OH excluding ortho intramolecular Hbond substituents is 1. The lowest BCUT2D eigenvalue weighted by atomic mass is 9.49. The Balaban J connectivity index is 1.08. The highest BCUT2D eigenvalue weighted by Crippen LogP contribution is 2.65. The Morgan fingerprint density at radius 2 is 1.57 bits per heavy atom. The fourth-order valence-electron chi connectivity index (χ4n) is 9.75. The molecule has 3 fully saturated rings. The highest BCUT2D eigenvalue weighted by atomic mass is 35.5. The number of carbonyl (C=O) groups excluding carboxylic acids is 4. The second kappa shape index (κ2) is 13.4. The molecule has 5 aromatic carbocycles. The number of hydrogen-bond acceptors (Lipinski definition) is 8. The van der Waals surface area contributed by atoms with Crippen LogP contribution in [0.1, 0.15) is 29.9 Å². The first-order valence-electron chi connectivity index (χ1n) is 18.7. The maximum absolute atomic E-state index is 15.3. The van der Waals surface area contributed by atoms with Gasteiger partial charge in [-0.05, 0) is 115 Å². The summed E-state index contributed by atoms with van der Waals surface area (Å²) in [7, 11) is 0. The van der Waals surface area contributed by atoms with Gasteiger partial charge in [-0.15, -0.1) is 0 Å². The number of aromatic nitrogens is 1. The van der Waals surface area contributed by atoms with Gasteiger partial charge in [-0.25, -0.2) is 9.37 Å². The summed E-state index contributed by atoms with van der Waals surface area (Å²) in [4.78, 5) is 65.0. The van der Waals surface area contributed by atoms with E-state index in [1.54, 1.807) is 54.6 Å². The predicted octanol–water partition coefficient (Wildman–Crippen LogP) is 8.84. The second-order valence-corrected chi connectivity index (χ2v) is 16.0. The summed E-state index contributed by atoms with van der Waals surface area (Å²) < 4.78 is 19.9. The fraction of sp³-hybridized carbons (Fsp3) is 0.178. The third-order valence-electron chi connectivity index (χ3n) is 12.2. The normalized spacial score (nSPS) is 25.2. The highest BCUT2D eigenvalue weighted by Gasteiger charge is 2.70. The number of carbonyl (C=O) groups is 4. The van der Waals surface area contributed by atoms with Gasteiger partial charge in [-0.1, -0.05) is 65.2 Å². The Bertz CT molecular complexity index is 2700. The molecule has 2 saturated heterocycles. The van der Waals surface area contributed by atoms with Gasteiger partial charge in [-0.2, -0.15) is 5.01 Å². The number of aromatic hydroxyl groups is 1. The van der Waals surface area contributed by atoms with Crippen molar-refractivity contribution in [2.24, 2.45) is 23.7 Å². The summed E-state index contributed by atoms with van der Waals surface area (Å²) in [6.07, 6.45) is 2.18. The van der Waals surface area contributed by atoms with Gasteiger partial charge in [0, 0.05) is 21.5 Å². The number of amides is 4. The topological polar surface area (TPSA) is 133 Å². The van der Waals surface area contributed by atoms with Crippen LogP contribution in [0.25, 0.3) is 22.6 Å². The van der Waals surface area contributed by atoms with Crippen molar-refractivity contribution in [1.82, 2.24) is 9.99 Å². The molecule has 4 amide bonds. The molecule has 2 aliphatic heterocycles. The van der Waals surface area contributed by atoms with Crippen LogP contribution in [-0.4, -0.2) is 38.7 Å². The number of fused-ring (bicyclic) bond motifs is 5. The van der Waals surface area contributed by atoms with Crippen molar-refractivity contribution in [2.45, 2.75) is 24.2 Å². The number of hydrogen-bond donors (Lipinski definition) is 2.